The maximum atomic E-state index is 12.0. The van der Waals surface area contributed by atoms with Crippen molar-refractivity contribution in [2.45, 2.75) is 26.2 Å². The zero-order chi connectivity index (χ0) is 16.2. The third kappa shape index (κ3) is 3.88. The normalized spacial score (nSPS) is 11.6. The van der Waals surface area contributed by atoms with Crippen LogP contribution < -0.4 is 10.3 Å². The molecule has 0 spiro atoms. The number of nitrogens with zero attached hydrogens (tertiary/aromatic N) is 4. The van der Waals surface area contributed by atoms with Crippen molar-refractivity contribution in [2.24, 2.45) is 5.10 Å². The largest absolute Gasteiger partial charge is 0.344 e. The first-order valence-electron chi connectivity index (χ1n) is 6.86. The summed E-state index contributed by atoms with van der Waals surface area (Å²) in [5.41, 5.74) is 0.782. The number of amides is 2. The topological polar surface area (TPSA) is 70.5 Å². The van der Waals surface area contributed by atoms with Gasteiger partial charge >= 0.3 is 6.03 Å². The number of hydrogen-bond donors (Lipinski definition) is 1. The zero-order valence-corrected chi connectivity index (χ0v) is 13.9. The Balaban J connectivity index is 2.29. The monoisotopic (exact) mass is 317 g/mol. The molecule has 1 aromatic carbocycles. The lowest BCUT2D eigenvalue weighted by atomic mass is 9.98. The number of hydrogen-bond acceptors (Lipinski definition) is 5. The summed E-state index contributed by atoms with van der Waals surface area (Å²) in [7, 11) is 1.55. The maximum Gasteiger partial charge on any atom is 0.344 e. The number of urea groups is 1. The van der Waals surface area contributed by atoms with Gasteiger partial charge in [0.05, 0.1) is 6.21 Å². The summed E-state index contributed by atoms with van der Waals surface area (Å²) in [6, 6.07) is 9.21. The minimum absolute atomic E-state index is 0.118. The predicted molar refractivity (Wildman–Crippen MR) is 89.6 cm³/mol. The van der Waals surface area contributed by atoms with Crippen LogP contribution in [0, 0.1) is 0 Å². The van der Waals surface area contributed by atoms with Crippen molar-refractivity contribution in [3.05, 3.63) is 40.9 Å². The second-order valence-corrected chi connectivity index (χ2v) is 6.62. The van der Waals surface area contributed by atoms with Crippen LogP contribution in [-0.4, -0.2) is 29.5 Å². The number of anilines is 1. The van der Waals surface area contributed by atoms with E-state index in [2.05, 4.69) is 41.4 Å². The van der Waals surface area contributed by atoms with Gasteiger partial charge in [-0.1, -0.05) is 62.4 Å². The predicted octanol–water partition coefficient (Wildman–Crippen LogP) is 3.02. The Morgan fingerprint density at radius 2 is 1.95 bits per heavy atom. The van der Waals surface area contributed by atoms with Crippen molar-refractivity contribution in [1.29, 1.82) is 0 Å². The lowest BCUT2D eigenvalue weighted by Gasteiger charge is -2.14. The number of rotatable bonds is 3. The molecule has 0 atom stereocenters. The number of carbonyl (C=O) groups is 1. The summed E-state index contributed by atoms with van der Waals surface area (Å²) in [6.07, 6.45) is 1.62. The fraction of sp³-hybridized carbons (Fsp3) is 0.333. The van der Waals surface area contributed by atoms with Crippen LogP contribution in [0.5, 0.6) is 0 Å². The van der Waals surface area contributed by atoms with E-state index in [0.717, 1.165) is 10.6 Å². The minimum Gasteiger partial charge on any atom is -0.339 e. The maximum absolute atomic E-state index is 12.0. The van der Waals surface area contributed by atoms with E-state index in [0.29, 0.717) is 5.13 Å². The van der Waals surface area contributed by atoms with Crippen LogP contribution in [0.15, 0.2) is 35.4 Å². The molecule has 0 aliphatic heterocycles. The number of nitrogens with one attached hydrogen (secondary N) is 1. The van der Waals surface area contributed by atoms with Gasteiger partial charge in [-0.05, 0) is 5.56 Å². The molecular weight excluding hydrogens is 298 g/mol. The SMILES string of the molecule is CNC(=O)N(/N=C/c1ccccc1)c1nnc(C(C)(C)C)s1. The Morgan fingerprint density at radius 3 is 2.50 bits per heavy atom. The molecule has 1 heterocycles. The summed E-state index contributed by atoms with van der Waals surface area (Å²) < 4.78 is 0. The number of benzene rings is 1. The van der Waals surface area contributed by atoms with Crippen LogP contribution in [0.2, 0.25) is 0 Å². The van der Waals surface area contributed by atoms with Crippen LogP contribution in [-0.2, 0) is 5.41 Å². The average Bonchev–Trinajstić information content (AvgIpc) is 2.98. The van der Waals surface area contributed by atoms with E-state index in [1.807, 2.05) is 30.3 Å². The molecule has 0 fully saturated rings. The van der Waals surface area contributed by atoms with E-state index in [9.17, 15) is 4.79 Å². The summed E-state index contributed by atoms with van der Waals surface area (Å²) in [6.45, 7) is 6.15. The molecule has 22 heavy (non-hydrogen) atoms. The van der Waals surface area contributed by atoms with Gasteiger partial charge in [0.15, 0.2) is 0 Å². The van der Waals surface area contributed by atoms with Crippen molar-refractivity contribution >= 4 is 28.7 Å². The van der Waals surface area contributed by atoms with Crippen molar-refractivity contribution in [3.63, 3.8) is 0 Å². The van der Waals surface area contributed by atoms with Gasteiger partial charge in [-0.15, -0.1) is 10.2 Å². The molecule has 6 nitrogen and oxygen atoms in total. The standard InChI is InChI=1S/C15H19N5OS/c1-15(2,3)12-18-19-14(22-12)20(13(21)16-4)17-10-11-8-6-5-7-9-11/h5-10H,1-4H3,(H,16,21)/b17-10+. The molecule has 1 aromatic heterocycles. The quantitative estimate of drug-likeness (QED) is 0.699. The molecule has 2 rings (SSSR count). The van der Waals surface area contributed by atoms with Gasteiger partial charge in [0.2, 0.25) is 5.13 Å². The van der Waals surface area contributed by atoms with Crippen LogP contribution in [0.3, 0.4) is 0 Å². The molecule has 0 saturated heterocycles. The van der Waals surface area contributed by atoms with Crippen molar-refractivity contribution < 1.29 is 4.79 Å². The molecule has 2 aromatic rings. The summed E-state index contributed by atoms with van der Waals surface area (Å²) in [5, 5.41) is 17.5. The van der Waals surface area contributed by atoms with E-state index < -0.39 is 0 Å². The van der Waals surface area contributed by atoms with E-state index in [-0.39, 0.29) is 11.4 Å². The Kier molecular flexibility index (Phi) is 4.87. The second-order valence-electron chi connectivity index (χ2n) is 5.66. The van der Waals surface area contributed by atoms with Gasteiger partial charge in [-0.3, -0.25) is 0 Å². The first kappa shape index (κ1) is 16.1. The molecule has 116 valence electrons. The molecule has 2 amide bonds. The molecule has 0 aliphatic carbocycles. The first-order valence-corrected chi connectivity index (χ1v) is 7.68. The summed E-state index contributed by atoms with van der Waals surface area (Å²) >= 11 is 1.36. The number of hydrazone groups is 1. The van der Waals surface area contributed by atoms with Gasteiger partial charge in [0, 0.05) is 12.5 Å². The van der Waals surface area contributed by atoms with Crippen LogP contribution >= 0.6 is 11.3 Å². The Morgan fingerprint density at radius 1 is 1.27 bits per heavy atom. The molecular formula is C15H19N5OS. The third-order valence-electron chi connectivity index (χ3n) is 2.77. The van der Waals surface area contributed by atoms with Crippen molar-refractivity contribution in [2.75, 3.05) is 12.1 Å². The van der Waals surface area contributed by atoms with Gasteiger partial charge < -0.3 is 5.32 Å². The lowest BCUT2D eigenvalue weighted by molar-refractivity contribution is 0.248. The molecule has 0 unspecified atom stereocenters. The van der Waals surface area contributed by atoms with Crippen LogP contribution in [0.25, 0.3) is 0 Å². The third-order valence-corrected chi connectivity index (χ3v) is 4.09. The van der Waals surface area contributed by atoms with Crippen LogP contribution in [0.1, 0.15) is 31.3 Å². The Bertz CT molecular complexity index is 660. The Labute approximate surface area is 133 Å². The fourth-order valence-corrected chi connectivity index (χ4v) is 2.42. The van der Waals surface area contributed by atoms with E-state index in [1.165, 1.54) is 16.3 Å². The van der Waals surface area contributed by atoms with Gasteiger partial charge in [0.1, 0.15) is 5.01 Å². The lowest BCUT2D eigenvalue weighted by Crippen LogP contribution is -2.34. The van der Waals surface area contributed by atoms with Gasteiger partial charge in [-0.2, -0.15) is 10.1 Å². The average molecular weight is 317 g/mol. The number of aromatic nitrogens is 2. The summed E-state index contributed by atoms with van der Waals surface area (Å²) in [4.78, 5) is 12.0. The smallest absolute Gasteiger partial charge is 0.339 e. The first-order chi connectivity index (χ1) is 10.4. The van der Waals surface area contributed by atoms with Crippen molar-refractivity contribution in [3.8, 4) is 0 Å². The molecule has 0 bridgehead atoms. The zero-order valence-electron chi connectivity index (χ0n) is 13.1. The van der Waals surface area contributed by atoms with Crippen LogP contribution in [0.4, 0.5) is 9.93 Å². The molecule has 1 N–H and O–H groups in total. The highest BCUT2D eigenvalue weighted by Gasteiger charge is 2.24. The van der Waals surface area contributed by atoms with Gasteiger partial charge in [-0.25, -0.2) is 4.79 Å². The van der Waals surface area contributed by atoms with E-state index >= 15 is 0 Å². The molecule has 0 aliphatic rings. The second kappa shape index (κ2) is 6.65. The van der Waals surface area contributed by atoms with E-state index in [1.54, 1.807) is 13.3 Å². The van der Waals surface area contributed by atoms with Crippen molar-refractivity contribution in [1.82, 2.24) is 15.5 Å². The molecule has 0 radical (unpaired) electrons. The molecule has 0 saturated carbocycles. The molecule has 7 heteroatoms. The highest BCUT2D eigenvalue weighted by atomic mass is 32.1. The minimum atomic E-state index is -0.358. The highest BCUT2D eigenvalue weighted by Crippen LogP contribution is 2.29. The fourth-order valence-electron chi connectivity index (χ4n) is 1.56. The highest BCUT2D eigenvalue weighted by molar-refractivity contribution is 7.15. The summed E-state index contributed by atoms with van der Waals surface area (Å²) in [5.74, 6) is 0. The Hall–Kier alpha value is -2.28. The van der Waals surface area contributed by atoms with Gasteiger partial charge in [0.25, 0.3) is 0 Å². The van der Waals surface area contributed by atoms with E-state index in [4.69, 9.17) is 0 Å². The number of carbonyl (C=O) groups excluding carboxylic acids is 1.